The number of nitrogens with one attached hydrogen (secondary N) is 1. The minimum absolute atomic E-state index is 0.121. The third kappa shape index (κ3) is 4.11. The summed E-state index contributed by atoms with van der Waals surface area (Å²) < 4.78 is 1.84. The van der Waals surface area contributed by atoms with Crippen molar-refractivity contribution in [1.29, 1.82) is 0 Å². The van der Waals surface area contributed by atoms with Gasteiger partial charge in [-0.1, -0.05) is 36.4 Å². The first kappa shape index (κ1) is 19.6. The quantitative estimate of drug-likeness (QED) is 0.441. The molecule has 3 aromatic heterocycles. The van der Waals surface area contributed by atoms with E-state index in [4.69, 9.17) is 4.98 Å². The monoisotopic (exact) mass is 419 g/mol. The normalized spacial score (nSPS) is 10.9. The van der Waals surface area contributed by atoms with Crippen LogP contribution in [0.5, 0.6) is 0 Å². The van der Waals surface area contributed by atoms with Crippen LogP contribution in [-0.2, 0) is 6.42 Å². The summed E-state index contributed by atoms with van der Waals surface area (Å²) in [6.07, 6.45) is 7.99. The SMILES string of the molecule is O=C(NCCc1cnn(-c2ccccc2)c1)c1cc(-c2cccnc2)nc2ccccc12. The van der Waals surface area contributed by atoms with E-state index in [0.29, 0.717) is 18.5 Å². The van der Waals surface area contributed by atoms with E-state index < -0.39 is 0 Å². The minimum atomic E-state index is -0.121. The fourth-order valence-corrected chi connectivity index (χ4v) is 3.65. The number of benzene rings is 2. The van der Waals surface area contributed by atoms with E-state index in [9.17, 15) is 4.79 Å². The Labute approximate surface area is 185 Å². The van der Waals surface area contributed by atoms with Gasteiger partial charge in [0.15, 0.2) is 0 Å². The summed E-state index contributed by atoms with van der Waals surface area (Å²) in [5, 5.41) is 8.29. The molecule has 0 saturated carbocycles. The summed E-state index contributed by atoms with van der Waals surface area (Å²) in [5.74, 6) is -0.121. The Morgan fingerprint density at radius 2 is 1.78 bits per heavy atom. The lowest BCUT2D eigenvalue weighted by atomic mass is 10.0. The number of fused-ring (bicyclic) bond motifs is 1. The van der Waals surface area contributed by atoms with Gasteiger partial charge in [0.2, 0.25) is 0 Å². The van der Waals surface area contributed by atoms with Crippen molar-refractivity contribution in [2.75, 3.05) is 6.54 Å². The molecule has 32 heavy (non-hydrogen) atoms. The highest BCUT2D eigenvalue weighted by Gasteiger charge is 2.14. The molecule has 6 heteroatoms. The van der Waals surface area contributed by atoms with Crippen molar-refractivity contribution in [3.63, 3.8) is 0 Å². The van der Waals surface area contributed by atoms with Crippen LogP contribution < -0.4 is 5.32 Å². The molecule has 156 valence electrons. The second-order valence-electron chi connectivity index (χ2n) is 7.45. The van der Waals surface area contributed by atoms with Gasteiger partial charge in [0.05, 0.1) is 28.7 Å². The lowest BCUT2D eigenvalue weighted by Crippen LogP contribution is -2.26. The van der Waals surface area contributed by atoms with E-state index in [1.807, 2.05) is 89.9 Å². The van der Waals surface area contributed by atoms with Crippen LogP contribution in [0.3, 0.4) is 0 Å². The summed E-state index contributed by atoms with van der Waals surface area (Å²) in [7, 11) is 0. The second kappa shape index (κ2) is 8.81. The number of carbonyl (C=O) groups is 1. The van der Waals surface area contributed by atoms with E-state index >= 15 is 0 Å². The van der Waals surface area contributed by atoms with Crippen LogP contribution >= 0.6 is 0 Å². The molecule has 6 nitrogen and oxygen atoms in total. The van der Waals surface area contributed by atoms with Gasteiger partial charge in [-0.2, -0.15) is 5.10 Å². The first-order valence-electron chi connectivity index (χ1n) is 10.5. The standard InChI is InChI=1S/C26H21N5O/c32-26(28-14-12-19-16-29-31(18-19)21-8-2-1-3-9-21)23-15-25(20-7-6-13-27-17-20)30-24-11-5-4-10-22(23)24/h1-11,13,15-18H,12,14H2,(H,28,32). The van der Waals surface area contributed by atoms with E-state index in [2.05, 4.69) is 15.4 Å². The molecular weight excluding hydrogens is 398 g/mol. The van der Waals surface area contributed by atoms with Crippen molar-refractivity contribution in [2.45, 2.75) is 6.42 Å². The van der Waals surface area contributed by atoms with E-state index in [0.717, 1.165) is 33.4 Å². The number of hydrogen-bond donors (Lipinski definition) is 1. The molecule has 3 heterocycles. The van der Waals surface area contributed by atoms with Crippen LogP contribution in [0.2, 0.25) is 0 Å². The second-order valence-corrected chi connectivity index (χ2v) is 7.45. The van der Waals surface area contributed by atoms with Gasteiger partial charge in [-0.15, -0.1) is 0 Å². The Morgan fingerprint density at radius 1 is 0.938 bits per heavy atom. The van der Waals surface area contributed by atoms with E-state index in [1.165, 1.54) is 0 Å². The summed E-state index contributed by atoms with van der Waals surface area (Å²) in [6, 6.07) is 23.3. The number of carbonyl (C=O) groups excluding carboxylic acids is 1. The van der Waals surface area contributed by atoms with Crippen LogP contribution in [0.4, 0.5) is 0 Å². The molecular formula is C26H21N5O. The molecule has 0 spiro atoms. The third-order valence-electron chi connectivity index (χ3n) is 5.27. The minimum Gasteiger partial charge on any atom is -0.352 e. The van der Waals surface area contributed by atoms with Gasteiger partial charge in [-0.25, -0.2) is 9.67 Å². The smallest absolute Gasteiger partial charge is 0.252 e. The zero-order chi connectivity index (χ0) is 21.8. The molecule has 0 aliphatic heterocycles. The van der Waals surface area contributed by atoms with Crippen LogP contribution in [-0.4, -0.2) is 32.2 Å². The van der Waals surface area contributed by atoms with Gasteiger partial charge in [0.25, 0.3) is 5.91 Å². The van der Waals surface area contributed by atoms with Gasteiger partial charge in [0, 0.05) is 36.1 Å². The summed E-state index contributed by atoms with van der Waals surface area (Å²) in [4.78, 5) is 22.0. The maximum Gasteiger partial charge on any atom is 0.252 e. The molecule has 1 N–H and O–H groups in total. The van der Waals surface area contributed by atoms with Crippen molar-refractivity contribution in [2.24, 2.45) is 0 Å². The molecule has 1 amide bonds. The molecule has 0 bridgehead atoms. The van der Waals surface area contributed by atoms with Crippen LogP contribution in [0.15, 0.2) is 97.6 Å². The fraction of sp³-hybridized carbons (Fsp3) is 0.0769. The van der Waals surface area contributed by atoms with Gasteiger partial charge < -0.3 is 5.32 Å². The highest BCUT2D eigenvalue weighted by molar-refractivity contribution is 6.07. The Bertz CT molecular complexity index is 1360. The largest absolute Gasteiger partial charge is 0.352 e. The average molecular weight is 419 g/mol. The number of rotatable bonds is 6. The van der Waals surface area contributed by atoms with Crippen LogP contribution in [0.25, 0.3) is 27.8 Å². The molecule has 0 radical (unpaired) electrons. The van der Waals surface area contributed by atoms with Crippen molar-refractivity contribution in [3.05, 3.63) is 109 Å². The van der Waals surface area contributed by atoms with Crippen molar-refractivity contribution in [1.82, 2.24) is 25.1 Å². The molecule has 0 aliphatic rings. The Hall–Kier alpha value is -4.32. The van der Waals surface area contributed by atoms with E-state index in [-0.39, 0.29) is 5.91 Å². The zero-order valence-electron chi connectivity index (χ0n) is 17.3. The first-order chi connectivity index (χ1) is 15.8. The van der Waals surface area contributed by atoms with Crippen LogP contribution in [0, 0.1) is 0 Å². The summed E-state index contributed by atoms with van der Waals surface area (Å²) in [6.45, 7) is 0.512. The van der Waals surface area contributed by atoms with Crippen molar-refractivity contribution < 1.29 is 4.79 Å². The highest BCUT2D eigenvalue weighted by atomic mass is 16.1. The zero-order valence-corrected chi connectivity index (χ0v) is 17.3. The van der Waals surface area contributed by atoms with Crippen molar-refractivity contribution >= 4 is 16.8 Å². The number of nitrogens with zero attached hydrogens (tertiary/aromatic N) is 4. The number of para-hydroxylation sites is 2. The van der Waals surface area contributed by atoms with Gasteiger partial charge in [0.1, 0.15) is 0 Å². The topological polar surface area (TPSA) is 72.7 Å². The molecule has 0 unspecified atom stereocenters. The van der Waals surface area contributed by atoms with Crippen LogP contribution in [0.1, 0.15) is 15.9 Å². The van der Waals surface area contributed by atoms with E-state index in [1.54, 1.807) is 12.4 Å². The van der Waals surface area contributed by atoms with Gasteiger partial charge in [-0.3, -0.25) is 9.78 Å². The molecule has 5 rings (SSSR count). The molecule has 0 atom stereocenters. The fourth-order valence-electron chi connectivity index (χ4n) is 3.65. The molecule has 0 fully saturated rings. The van der Waals surface area contributed by atoms with Crippen molar-refractivity contribution in [3.8, 4) is 16.9 Å². The molecule has 0 saturated heterocycles. The summed E-state index contributed by atoms with van der Waals surface area (Å²) >= 11 is 0. The first-order valence-corrected chi connectivity index (χ1v) is 10.5. The third-order valence-corrected chi connectivity index (χ3v) is 5.27. The average Bonchev–Trinajstić information content (AvgIpc) is 3.33. The Balaban J connectivity index is 1.33. The lowest BCUT2D eigenvalue weighted by Gasteiger charge is -2.10. The number of pyridine rings is 2. The van der Waals surface area contributed by atoms with Gasteiger partial charge >= 0.3 is 0 Å². The maximum atomic E-state index is 13.1. The molecule has 5 aromatic rings. The number of hydrogen-bond acceptors (Lipinski definition) is 4. The predicted molar refractivity (Wildman–Crippen MR) is 125 cm³/mol. The Kier molecular flexibility index (Phi) is 5.41. The molecule has 0 aliphatic carbocycles. The number of amides is 1. The Morgan fingerprint density at radius 3 is 2.62 bits per heavy atom. The van der Waals surface area contributed by atoms with Gasteiger partial charge in [-0.05, 0) is 48.4 Å². The number of aromatic nitrogens is 4. The maximum absolute atomic E-state index is 13.1. The molecule has 2 aromatic carbocycles. The highest BCUT2D eigenvalue weighted by Crippen LogP contribution is 2.24. The predicted octanol–water partition coefficient (Wildman–Crippen LogP) is 4.46. The summed E-state index contributed by atoms with van der Waals surface area (Å²) in [5.41, 5.74) is 5.06. The lowest BCUT2D eigenvalue weighted by molar-refractivity contribution is 0.0955.